The van der Waals surface area contributed by atoms with Gasteiger partial charge in [-0.05, 0) is 59.3 Å². The molecule has 3 aliphatic rings. The van der Waals surface area contributed by atoms with E-state index in [1.54, 1.807) is 0 Å². The van der Waals surface area contributed by atoms with E-state index in [4.69, 9.17) is 4.74 Å². The van der Waals surface area contributed by atoms with Gasteiger partial charge in [-0.1, -0.05) is 0 Å². The topological polar surface area (TPSA) is 24.5 Å². The summed E-state index contributed by atoms with van der Waals surface area (Å²) in [5.74, 6) is 0.906. The molecule has 19 heavy (non-hydrogen) atoms. The summed E-state index contributed by atoms with van der Waals surface area (Å²) >= 11 is 0. The van der Waals surface area contributed by atoms with Gasteiger partial charge < -0.3 is 10.1 Å². The number of hydrogen-bond donors (Lipinski definition) is 1. The van der Waals surface area contributed by atoms with Crippen molar-refractivity contribution in [1.82, 2.24) is 10.2 Å². The fraction of sp³-hybridized carbons (Fsp3) is 1.00. The fourth-order valence-electron chi connectivity index (χ4n) is 3.85. The fourth-order valence-corrected chi connectivity index (χ4v) is 3.85. The zero-order valence-electron chi connectivity index (χ0n) is 13.0. The molecule has 1 saturated carbocycles. The van der Waals surface area contributed by atoms with Crippen LogP contribution in [0, 0.1) is 5.92 Å². The van der Waals surface area contributed by atoms with Crippen molar-refractivity contribution in [1.29, 1.82) is 0 Å². The molecule has 3 unspecified atom stereocenters. The van der Waals surface area contributed by atoms with E-state index in [9.17, 15) is 0 Å². The van der Waals surface area contributed by atoms with Gasteiger partial charge in [0, 0.05) is 31.2 Å². The molecule has 0 aromatic heterocycles. The maximum atomic E-state index is 6.18. The zero-order valence-corrected chi connectivity index (χ0v) is 13.0. The Hall–Kier alpha value is -0.120. The average molecular weight is 266 g/mol. The molecule has 0 radical (unpaired) electrons. The Morgan fingerprint density at radius 2 is 1.95 bits per heavy atom. The molecule has 2 heterocycles. The predicted molar refractivity (Wildman–Crippen MR) is 78.4 cm³/mol. The number of hydrogen-bond acceptors (Lipinski definition) is 3. The molecule has 3 heteroatoms. The number of rotatable bonds is 3. The van der Waals surface area contributed by atoms with E-state index in [1.165, 1.54) is 32.2 Å². The van der Waals surface area contributed by atoms with Crippen molar-refractivity contribution in [2.24, 2.45) is 5.92 Å². The second-order valence-electron chi connectivity index (χ2n) is 7.89. The lowest BCUT2D eigenvalue weighted by molar-refractivity contribution is -0.0425. The Morgan fingerprint density at radius 1 is 1.21 bits per heavy atom. The van der Waals surface area contributed by atoms with E-state index in [1.807, 2.05) is 0 Å². The summed E-state index contributed by atoms with van der Waals surface area (Å²) in [6.07, 6.45) is 5.71. The Balaban J connectivity index is 1.59. The summed E-state index contributed by atoms with van der Waals surface area (Å²) in [5, 5.41) is 3.80. The first-order valence-electron chi connectivity index (χ1n) is 8.05. The Bertz CT molecular complexity index is 340. The van der Waals surface area contributed by atoms with Crippen LogP contribution in [0.5, 0.6) is 0 Å². The lowest BCUT2D eigenvalue weighted by atomic mass is 9.91. The van der Waals surface area contributed by atoms with Gasteiger partial charge in [0.1, 0.15) is 0 Å². The Kier molecular flexibility index (Phi) is 3.43. The zero-order chi connectivity index (χ0) is 13.7. The third-order valence-electron chi connectivity index (χ3n) is 5.43. The van der Waals surface area contributed by atoms with Crippen molar-refractivity contribution in [3.8, 4) is 0 Å². The lowest BCUT2D eigenvalue weighted by Gasteiger charge is -2.46. The molecule has 0 aromatic rings. The van der Waals surface area contributed by atoms with Gasteiger partial charge in [-0.3, -0.25) is 4.90 Å². The smallest absolute Gasteiger partial charge is 0.0710 e. The molecule has 2 saturated heterocycles. The third-order valence-corrected chi connectivity index (χ3v) is 5.43. The van der Waals surface area contributed by atoms with E-state index in [0.717, 1.165) is 19.0 Å². The van der Waals surface area contributed by atoms with Crippen LogP contribution in [0.25, 0.3) is 0 Å². The monoisotopic (exact) mass is 266 g/mol. The summed E-state index contributed by atoms with van der Waals surface area (Å²) < 4.78 is 6.18. The Labute approximate surface area is 118 Å². The van der Waals surface area contributed by atoms with E-state index < -0.39 is 0 Å². The van der Waals surface area contributed by atoms with Crippen molar-refractivity contribution < 1.29 is 4.74 Å². The molecule has 3 rings (SSSR count). The van der Waals surface area contributed by atoms with E-state index in [2.05, 4.69) is 37.9 Å². The quantitative estimate of drug-likeness (QED) is 0.849. The number of nitrogens with zero attached hydrogens (tertiary/aromatic N) is 1. The van der Waals surface area contributed by atoms with Crippen LogP contribution in [-0.2, 0) is 4.74 Å². The van der Waals surface area contributed by atoms with Crippen LogP contribution in [-0.4, -0.2) is 47.8 Å². The molecule has 3 atom stereocenters. The van der Waals surface area contributed by atoms with Gasteiger partial charge in [0.05, 0.1) is 11.7 Å². The summed E-state index contributed by atoms with van der Waals surface area (Å²) in [5.41, 5.74) is 0.447. The summed E-state index contributed by atoms with van der Waals surface area (Å²) in [6.45, 7) is 12.7. The minimum Gasteiger partial charge on any atom is -0.371 e. The largest absolute Gasteiger partial charge is 0.371 e. The van der Waals surface area contributed by atoms with Crippen molar-refractivity contribution in [3.05, 3.63) is 0 Å². The minimum atomic E-state index is 0.0989. The first-order valence-corrected chi connectivity index (χ1v) is 8.05. The lowest BCUT2D eigenvalue weighted by Crippen LogP contribution is -2.64. The highest BCUT2D eigenvalue weighted by Gasteiger charge is 2.46. The van der Waals surface area contributed by atoms with Gasteiger partial charge in [-0.15, -0.1) is 0 Å². The molecular formula is C16H30N2O. The van der Waals surface area contributed by atoms with Crippen LogP contribution in [0.2, 0.25) is 0 Å². The molecule has 3 fully saturated rings. The van der Waals surface area contributed by atoms with Crippen molar-refractivity contribution in [3.63, 3.8) is 0 Å². The van der Waals surface area contributed by atoms with E-state index in [0.29, 0.717) is 17.7 Å². The molecule has 0 bridgehead atoms. The van der Waals surface area contributed by atoms with Crippen LogP contribution in [0.4, 0.5) is 0 Å². The van der Waals surface area contributed by atoms with Crippen LogP contribution in [0.15, 0.2) is 0 Å². The summed E-state index contributed by atoms with van der Waals surface area (Å²) in [4.78, 5) is 2.67. The first-order chi connectivity index (χ1) is 8.88. The number of ether oxygens (including phenoxy) is 1. The van der Waals surface area contributed by atoms with E-state index >= 15 is 0 Å². The molecule has 2 aliphatic heterocycles. The highest BCUT2D eigenvalue weighted by Crippen LogP contribution is 2.41. The van der Waals surface area contributed by atoms with Crippen LogP contribution in [0.3, 0.4) is 0 Å². The maximum Gasteiger partial charge on any atom is 0.0710 e. The van der Waals surface area contributed by atoms with Gasteiger partial charge in [0.2, 0.25) is 0 Å². The molecular weight excluding hydrogens is 236 g/mol. The predicted octanol–water partition coefficient (Wildman–Crippen LogP) is 2.41. The van der Waals surface area contributed by atoms with Crippen LogP contribution in [0.1, 0.15) is 53.4 Å². The SMILES string of the molecule is CC1CNC(C)(C2CC2)CN1CC1CCC(C)(C)O1. The number of nitrogens with one attached hydrogen (secondary N) is 1. The molecule has 1 N–H and O–H groups in total. The maximum absolute atomic E-state index is 6.18. The highest BCUT2D eigenvalue weighted by atomic mass is 16.5. The van der Waals surface area contributed by atoms with Crippen molar-refractivity contribution >= 4 is 0 Å². The molecule has 1 aliphatic carbocycles. The second-order valence-corrected chi connectivity index (χ2v) is 7.89. The molecule has 0 spiro atoms. The Morgan fingerprint density at radius 3 is 2.53 bits per heavy atom. The summed E-state index contributed by atoms with van der Waals surface area (Å²) in [6, 6.07) is 0.638. The van der Waals surface area contributed by atoms with E-state index in [-0.39, 0.29) is 5.60 Å². The first kappa shape index (κ1) is 13.8. The van der Waals surface area contributed by atoms with Crippen LogP contribution >= 0.6 is 0 Å². The van der Waals surface area contributed by atoms with Crippen molar-refractivity contribution in [2.45, 2.75) is 76.7 Å². The van der Waals surface area contributed by atoms with Crippen molar-refractivity contribution in [2.75, 3.05) is 19.6 Å². The molecule has 0 amide bonds. The normalized spacial score (nSPS) is 43.6. The molecule has 3 nitrogen and oxygen atoms in total. The van der Waals surface area contributed by atoms with Crippen LogP contribution < -0.4 is 5.32 Å². The number of piperazine rings is 1. The second kappa shape index (κ2) is 4.71. The van der Waals surface area contributed by atoms with Gasteiger partial charge in [0.15, 0.2) is 0 Å². The summed E-state index contributed by atoms with van der Waals surface area (Å²) in [7, 11) is 0. The van der Waals surface area contributed by atoms with Gasteiger partial charge in [-0.25, -0.2) is 0 Å². The average Bonchev–Trinajstić information content (AvgIpc) is 3.11. The standard InChI is InChI=1S/C16H30N2O/c1-12-9-17-16(4,13-5-6-13)11-18(12)10-14-7-8-15(2,3)19-14/h12-14,17H,5-11H2,1-4H3. The third kappa shape index (κ3) is 2.98. The van der Waals surface area contributed by atoms with Gasteiger partial charge >= 0.3 is 0 Å². The highest BCUT2D eigenvalue weighted by molar-refractivity contribution is 5.04. The molecule has 110 valence electrons. The molecule has 0 aromatic carbocycles. The van der Waals surface area contributed by atoms with Gasteiger partial charge in [0.25, 0.3) is 0 Å². The van der Waals surface area contributed by atoms with Gasteiger partial charge in [-0.2, -0.15) is 0 Å². The minimum absolute atomic E-state index is 0.0989.